The van der Waals surface area contributed by atoms with Gasteiger partial charge in [-0.25, -0.2) is 15.0 Å². The van der Waals surface area contributed by atoms with Crippen LogP contribution < -0.4 is 30.2 Å². The molecule has 0 saturated heterocycles. The summed E-state index contributed by atoms with van der Waals surface area (Å²) in [6.45, 7) is 3.84. The molecule has 0 unspecified atom stereocenters. The summed E-state index contributed by atoms with van der Waals surface area (Å²) in [6.07, 6.45) is 2.10. The second-order valence-corrected chi connectivity index (χ2v) is 7.21. The van der Waals surface area contributed by atoms with E-state index in [1.165, 1.54) is 0 Å². The number of guanidine groups is 1. The van der Waals surface area contributed by atoms with Crippen molar-refractivity contribution < 1.29 is 14.2 Å². The lowest BCUT2D eigenvalue weighted by Crippen LogP contribution is -2.39. The Labute approximate surface area is 181 Å². The standard InChI is InChI=1S/C20H26N6O3S/c1-11-8-12(2)22-18(21-11)25-19(23-13-6-7-13)26-20(30)24-14-9-15(27-3)17(29-5)16(10-14)28-4/h8-10,13H,6-7H2,1-5H3,(H3,21,22,23,24,25,26,30). The maximum atomic E-state index is 5.48. The zero-order valence-corrected chi connectivity index (χ0v) is 18.5. The van der Waals surface area contributed by atoms with Crippen molar-refractivity contribution in [2.75, 3.05) is 32.0 Å². The number of nitrogens with zero attached hydrogens (tertiary/aromatic N) is 3. The van der Waals surface area contributed by atoms with Gasteiger partial charge in [0.2, 0.25) is 17.7 Å². The van der Waals surface area contributed by atoms with E-state index >= 15 is 0 Å². The van der Waals surface area contributed by atoms with Gasteiger partial charge < -0.3 is 24.8 Å². The Bertz CT molecular complexity index is 916. The molecule has 1 heterocycles. The topological polar surface area (TPSA) is 102 Å². The van der Waals surface area contributed by atoms with Crippen molar-refractivity contribution in [2.24, 2.45) is 4.99 Å². The Morgan fingerprint density at radius 3 is 2.07 bits per heavy atom. The van der Waals surface area contributed by atoms with Gasteiger partial charge in [0.25, 0.3) is 0 Å². The highest BCUT2D eigenvalue weighted by Crippen LogP contribution is 2.39. The van der Waals surface area contributed by atoms with Crippen LogP contribution in [0.2, 0.25) is 0 Å². The van der Waals surface area contributed by atoms with Crippen molar-refractivity contribution in [2.45, 2.75) is 32.7 Å². The first-order chi connectivity index (χ1) is 14.4. The molecule has 160 valence electrons. The number of aliphatic imine (C=N–C) groups is 1. The third kappa shape index (κ3) is 5.69. The monoisotopic (exact) mass is 430 g/mol. The van der Waals surface area contributed by atoms with Crippen molar-refractivity contribution in [3.63, 3.8) is 0 Å². The number of benzene rings is 1. The smallest absolute Gasteiger partial charge is 0.229 e. The normalized spacial score (nSPS) is 13.4. The molecule has 0 bridgehead atoms. The minimum Gasteiger partial charge on any atom is -0.493 e. The van der Waals surface area contributed by atoms with E-state index in [4.69, 9.17) is 26.4 Å². The van der Waals surface area contributed by atoms with Crippen LogP contribution in [0.4, 0.5) is 11.6 Å². The number of nitrogens with one attached hydrogen (secondary N) is 3. The summed E-state index contributed by atoms with van der Waals surface area (Å²) in [6, 6.07) is 5.73. The number of hydrogen-bond acceptors (Lipinski definition) is 7. The molecule has 0 amide bonds. The van der Waals surface area contributed by atoms with E-state index in [-0.39, 0.29) is 6.04 Å². The highest BCUT2D eigenvalue weighted by Gasteiger charge is 2.22. The van der Waals surface area contributed by atoms with Crippen molar-refractivity contribution in [1.29, 1.82) is 0 Å². The number of hydrogen-bond donors (Lipinski definition) is 3. The Kier molecular flexibility index (Phi) is 6.88. The van der Waals surface area contributed by atoms with Crippen molar-refractivity contribution >= 4 is 34.9 Å². The van der Waals surface area contributed by atoms with E-state index in [1.54, 1.807) is 33.5 Å². The predicted octanol–water partition coefficient (Wildman–Crippen LogP) is 3.04. The fourth-order valence-electron chi connectivity index (χ4n) is 2.79. The van der Waals surface area contributed by atoms with Crippen LogP contribution in [0.15, 0.2) is 23.2 Å². The second-order valence-electron chi connectivity index (χ2n) is 6.80. The number of aromatic nitrogens is 2. The molecule has 1 aromatic carbocycles. The molecule has 1 aliphatic carbocycles. The molecular formula is C20H26N6O3S. The van der Waals surface area contributed by atoms with Crippen LogP contribution in [-0.4, -0.2) is 48.4 Å². The Morgan fingerprint density at radius 1 is 0.967 bits per heavy atom. The van der Waals surface area contributed by atoms with Crippen molar-refractivity contribution in [1.82, 2.24) is 15.3 Å². The fourth-order valence-corrected chi connectivity index (χ4v) is 3.01. The molecule has 0 spiro atoms. The first kappa shape index (κ1) is 21.6. The van der Waals surface area contributed by atoms with Gasteiger partial charge in [0, 0.05) is 29.2 Å². The molecule has 1 aliphatic rings. The fraction of sp³-hybridized carbons (Fsp3) is 0.400. The highest BCUT2D eigenvalue weighted by atomic mass is 32.1. The van der Waals surface area contributed by atoms with Gasteiger partial charge in [-0.1, -0.05) is 0 Å². The minimum absolute atomic E-state index is 0.273. The quantitative estimate of drug-likeness (QED) is 0.362. The molecule has 1 saturated carbocycles. The number of rotatable bonds is 6. The zero-order valence-electron chi connectivity index (χ0n) is 17.7. The number of anilines is 2. The van der Waals surface area contributed by atoms with E-state index in [0.29, 0.717) is 40.0 Å². The first-order valence-electron chi connectivity index (χ1n) is 9.47. The van der Waals surface area contributed by atoms with Gasteiger partial charge in [0.15, 0.2) is 16.6 Å². The zero-order chi connectivity index (χ0) is 21.7. The lowest BCUT2D eigenvalue weighted by molar-refractivity contribution is 0.324. The van der Waals surface area contributed by atoms with Crippen molar-refractivity contribution in [3.05, 3.63) is 29.6 Å². The van der Waals surface area contributed by atoms with Gasteiger partial charge in [-0.05, 0) is 45.0 Å². The van der Waals surface area contributed by atoms with E-state index in [0.717, 1.165) is 24.2 Å². The lowest BCUT2D eigenvalue weighted by Gasteiger charge is -2.17. The Hall–Kier alpha value is -3.14. The Balaban J connectivity index is 1.75. The van der Waals surface area contributed by atoms with Gasteiger partial charge in [0.1, 0.15) is 0 Å². The SMILES string of the molecule is COc1cc(NC(=S)NC(=NC2CC2)Nc2nc(C)cc(C)n2)cc(OC)c1OC. The van der Waals surface area contributed by atoms with Crippen molar-refractivity contribution in [3.8, 4) is 17.2 Å². The van der Waals surface area contributed by atoms with E-state index in [1.807, 2.05) is 19.9 Å². The molecule has 1 aromatic heterocycles. The number of ether oxygens (including phenoxy) is 3. The second kappa shape index (κ2) is 9.57. The molecule has 3 N–H and O–H groups in total. The molecule has 9 nitrogen and oxygen atoms in total. The molecule has 30 heavy (non-hydrogen) atoms. The first-order valence-corrected chi connectivity index (χ1v) is 9.87. The van der Waals surface area contributed by atoms with Gasteiger partial charge in [-0.3, -0.25) is 5.32 Å². The molecule has 1 fully saturated rings. The van der Waals surface area contributed by atoms with Crippen LogP contribution in [0.1, 0.15) is 24.2 Å². The predicted molar refractivity (Wildman–Crippen MR) is 121 cm³/mol. The van der Waals surface area contributed by atoms with Crippen LogP contribution in [0.5, 0.6) is 17.2 Å². The molecule has 0 aliphatic heterocycles. The summed E-state index contributed by atoms with van der Waals surface area (Å²) in [5, 5.41) is 9.69. The van der Waals surface area contributed by atoms with E-state index in [2.05, 4.69) is 30.9 Å². The summed E-state index contributed by atoms with van der Waals surface area (Å²) in [7, 11) is 4.68. The van der Waals surface area contributed by atoms with Crippen LogP contribution >= 0.6 is 12.2 Å². The third-order valence-electron chi connectivity index (χ3n) is 4.23. The average molecular weight is 431 g/mol. The maximum Gasteiger partial charge on any atom is 0.229 e. The summed E-state index contributed by atoms with van der Waals surface area (Å²) in [5.74, 6) is 2.52. The molecule has 0 atom stereocenters. The van der Waals surface area contributed by atoms with E-state index in [9.17, 15) is 0 Å². The van der Waals surface area contributed by atoms with Gasteiger partial charge >= 0.3 is 0 Å². The molecule has 2 aromatic rings. The maximum absolute atomic E-state index is 5.48. The largest absolute Gasteiger partial charge is 0.493 e. The molecular weight excluding hydrogens is 404 g/mol. The van der Waals surface area contributed by atoms with E-state index < -0.39 is 0 Å². The highest BCUT2D eigenvalue weighted by molar-refractivity contribution is 7.80. The lowest BCUT2D eigenvalue weighted by atomic mass is 10.2. The summed E-state index contributed by atoms with van der Waals surface area (Å²) < 4.78 is 16.1. The molecule has 3 rings (SSSR count). The average Bonchev–Trinajstić information content (AvgIpc) is 3.50. The summed E-state index contributed by atoms with van der Waals surface area (Å²) in [4.78, 5) is 13.4. The third-order valence-corrected chi connectivity index (χ3v) is 4.43. The van der Waals surface area contributed by atoms with Gasteiger partial charge in [-0.15, -0.1) is 0 Å². The number of methoxy groups -OCH3 is 3. The van der Waals surface area contributed by atoms with Crippen LogP contribution in [0, 0.1) is 13.8 Å². The number of thiocarbonyl (C=S) groups is 1. The Morgan fingerprint density at radius 2 is 1.57 bits per heavy atom. The molecule has 10 heteroatoms. The molecule has 0 radical (unpaired) electrons. The van der Waals surface area contributed by atoms with Crippen LogP contribution in [-0.2, 0) is 0 Å². The minimum atomic E-state index is 0.273. The van der Waals surface area contributed by atoms with Gasteiger partial charge in [0.05, 0.1) is 27.4 Å². The summed E-state index contributed by atoms with van der Waals surface area (Å²) in [5.41, 5.74) is 2.42. The number of aryl methyl sites for hydroxylation is 2. The van der Waals surface area contributed by atoms with Crippen LogP contribution in [0.25, 0.3) is 0 Å². The summed E-state index contributed by atoms with van der Waals surface area (Å²) >= 11 is 5.48. The van der Waals surface area contributed by atoms with Gasteiger partial charge in [-0.2, -0.15) is 0 Å². The van der Waals surface area contributed by atoms with Crippen LogP contribution in [0.3, 0.4) is 0 Å².